The van der Waals surface area contributed by atoms with Crippen molar-refractivity contribution >= 4 is 22.9 Å². The van der Waals surface area contributed by atoms with Crippen LogP contribution in [0.1, 0.15) is 41.6 Å². The van der Waals surface area contributed by atoms with Crippen LogP contribution in [0.15, 0.2) is 29.6 Å². The van der Waals surface area contributed by atoms with Crippen molar-refractivity contribution in [2.45, 2.75) is 33.1 Å². The van der Waals surface area contributed by atoms with Crippen molar-refractivity contribution in [3.05, 3.63) is 45.6 Å². The number of ether oxygens (including phenoxy) is 1. The van der Waals surface area contributed by atoms with E-state index in [1.165, 1.54) is 0 Å². The van der Waals surface area contributed by atoms with Crippen LogP contribution in [0.2, 0.25) is 0 Å². The summed E-state index contributed by atoms with van der Waals surface area (Å²) in [5, 5.41) is 4.81. The van der Waals surface area contributed by atoms with Gasteiger partial charge in [0.25, 0.3) is 5.91 Å². The van der Waals surface area contributed by atoms with Crippen LogP contribution in [0, 0.1) is 6.92 Å². The van der Waals surface area contributed by atoms with E-state index in [-0.39, 0.29) is 11.3 Å². The van der Waals surface area contributed by atoms with Crippen LogP contribution in [-0.4, -0.2) is 13.0 Å². The van der Waals surface area contributed by atoms with Crippen LogP contribution >= 0.6 is 11.3 Å². The highest BCUT2D eigenvalue weighted by molar-refractivity contribution is 7.10. The molecular weight excluding hydrogens is 282 g/mol. The second-order valence-corrected chi connectivity index (χ2v) is 7.18. The predicted molar refractivity (Wildman–Crippen MR) is 88.7 cm³/mol. The van der Waals surface area contributed by atoms with Crippen molar-refractivity contribution in [3.8, 4) is 5.75 Å². The molecule has 0 fully saturated rings. The quantitative estimate of drug-likeness (QED) is 0.899. The Kier molecular flexibility index (Phi) is 4.37. The lowest BCUT2D eigenvalue weighted by molar-refractivity contribution is 0.102. The summed E-state index contributed by atoms with van der Waals surface area (Å²) in [5.41, 5.74) is 2.56. The average molecular weight is 303 g/mol. The normalized spacial score (nSPS) is 11.3. The molecule has 1 aromatic heterocycles. The first-order chi connectivity index (χ1) is 9.81. The summed E-state index contributed by atoms with van der Waals surface area (Å²) in [6.45, 7) is 8.41. The number of thiophene rings is 1. The largest absolute Gasteiger partial charge is 0.495 e. The standard InChI is InChI=1S/C17H21NO2S/c1-11-8-12(10-21-11)16(19)18-14-9-13(17(2,3)4)6-7-15(14)20-5/h6-10H,1-5H3,(H,18,19). The molecule has 0 saturated carbocycles. The number of hydrogen-bond donors (Lipinski definition) is 1. The van der Waals surface area contributed by atoms with Gasteiger partial charge < -0.3 is 10.1 Å². The number of anilines is 1. The molecule has 2 aromatic rings. The van der Waals surface area contributed by atoms with E-state index in [4.69, 9.17) is 4.74 Å². The first-order valence-corrected chi connectivity index (χ1v) is 7.74. The number of carbonyl (C=O) groups is 1. The number of rotatable bonds is 3. The number of amides is 1. The zero-order valence-electron chi connectivity index (χ0n) is 13.1. The van der Waals surface area contributed by atoms with E-state index in [1.54, 1.807) is 18.4 Å². The van der Waals surface area contributed by atoms with Crippen LogP contribution < -0.4 is 10.1 Å². The van der Waals surface area contributed by atoms with E-state index >= 15 is 0 Å². The minimum atomic E-state index is -0.108. The van der Waals surface area contributed by atoms with Crippen LogP contribution in [0.3, 0.4) is 0 Å². The fourth-order valence-corrected chi connectivity index (χ4v) is 2.71. The number of hydrogen-bond acceptors (Lipinski definition) is 3. The van der Waals surface area contributed by atoms with E-state index in [9.17, 15) is 4.79 Å². The summed E-state index contributed by atoms with van der Waals surface area (Å²) in [6.07, 6.45) is 0. The highest BCUT2D eigenvalue weighted by Crippen LogP contribution is 2.31. The maximum Gasteiger partial charge on any atom is 0.256 e. The molecule has 0 aliphatic heterocycles. The molecule has 0 unspecified atom stereocenters. The molecule has 112 valence electrons. The minimum Gasteiger partial charge on any atom is -0.495 e. The smallest absolute Gasteiger partial charge is 0.256 e. The van der Waals surface area contributed by atoms with Crippen molar-refractivity contribution < 1.29 is 9.53 Å². The van der Waals surface area contributed by atoms with Crippen LogP contribution in [0.4, 0.5) is 5.69 Å². The van der Waals surface area contributed by atoms with Gasteiger partial charge in [0.1, 0.15) is 5.75 Å². The molecule has 1 heterocycles. The second kappa shape index (κ2) is 5.90. The summed E-state index contributed by atoms with van der Waals surface area (Å²) < 4.78 is 5.34. The molecule has 21 heavy (non-hydrogen) atoms. The Labute approximate surface area is 130 Å². The maximum atomic E-state index is 12.3. The molecule has 0 bridgehead atoms. The Morgan fingerprint density at radius 3 is 2.48 bits per heavy atom. The Bertz CT molecular complexity index is 653. The molecule has 0 atom stereocenters. The van der Waals surface area contributed by atoms with Gasteiger partial charge in [-0.2, -0.15) is 0 Å². The number of benzene rings is 1. The molecule has 0 aliphatic carbocycles. The molecule has 0 radical (unpaired) electrons. The van der Waals surface area contributed by atoms with E-state index < -0.39 is 0 Å². The van der Waals surface area contributed by atoms with Crippen molar-refractivity contribution in [2.75, 3.05) is 12.4 Å². The predicted octanol–water partition coefficient (Wildman–Crippen LogP) is 4.61. The molecule has 1 amide bonds. The van der Waals surface area contributed by atoms with Crippen molar-refractivity contribution in [3.63, 3.8) is 0 Å². The molecule has 0 saturated heterocycles. The van der Waals surface area contributed by atoms with Crippen LogP contribution in [-0.2, 0) is 5.41 Å². The molecule has 1 aromatic carbocycles. The van der Waals surface area contributed by atoms with E-state index in [0.29, 0.717) is 17.0 Å². The molecular formula is C17H21NO2S. The molecule has 4 heteroatoms. The summed E-state index contributed by atoms with van der Waals surface area (Å²) in [6, 6.07) is 7.80. The van der Waals surface area contributed by atoms with Crippen LogP contribution in [0.25, 0.3) is 0 Å². The Morgan fingerprint density at radius 1 is 1.24 bits per heavy atom. The molecule has 0 spiro atoms. The van der Waals surface area contributed by atoms with E-state index in [1.807, 2.05) is 36.6 Å². The maximum absolute atomic E-state index is 12.3. The monoisotopic (exact) mass is 303 g/mol. The van der Waals surface area contributed by atoms with Crippen molar-refractivity contribution in [1.29, 1.82) is 0 Å². The van der Waals surface area contributed by atoms with E-state index in [0.717, 1.165) is 10.4 Å². The first kappa shape index (κ1) is 15.6. The lowest BCUT2D eigenvalue weighted by atomic mass is 9.87. The zero-order chi connectivity index (χ0) is 15.6. The first-order valence-electron chi connectivity index (χ1n) is 6.86. The van der Waals surface area contributed by atoms with Gasteiger partial charge in [0, 0.05) is 10.3 Å². The topological polar surface area (TPSA) is 38.3 Å². The highest BCUT2D eigenvalue weighted by atomic mass is 32.1. The summed E-state index contributed by atoms with van der Waals surface area (Å²) >= 11 is 1.57. The van der Waals surface area contributed by atoms with Gasteiger partial charge in [-0.25, -0.2) is 0 Å². The van der Waals surface area contributed by atoms with Crippen LogP contribution in [0.5, 0.6) is 5.75 Å². The zero-order valence-corrected chi connectivity index (χ0v) is 13.9. The van der Waals surface area contributed by atoms with Gasteiger partial charge in [-0.05, 0) is 36.1 Å². The summed E-state index contributed by atoms with van der Waals surface area (Å²) in [4.78, 5) is 13.4. The van der Waals surface area contributed by atoms with Crippen molar-refractivity contribution in [2.24, 2.45) is 0 Å². The molecule has 1 N–H and O–H groups in total. The van der Waals surface area contributed by atoms with Gasteiger partial charge in [0.15, 0.2) is 0 Å². The van der Waals surface area contributed by atoms with Crippen molar-refractivity contribution in [1.82, 2.24) is 0 Å². The fourth-order valence-electron chi connectivity index (χ4n) is 2.03. The minimum absolute atomic E-state index is 0.0186. The van der Waals surface area contributed by atoms with Gasteiger partial charge in [-0.3, -0.25) is 4.79 Å². The second-order valence-electron chi connectivity index (χ2n) is 6.07. The Hall–Kier alpha value is -1.81. The van der Waals surface area contributed by atoms with Gasteiger partial charge in [-0.15, -0.1) is 11.3 Å². The lowest BCUT2D eigenvalue weighted by Gasteiger charge is -2.21. The number of nitrogens with one attached hydrogen (secondary N) is 1. The van der Waals surface area contributed by atoms with Gasteiger partial charge in [-0.1, -0.05) is 26.8 Å². The van der Waals surface area contributed by atoms with E-state index in [2.05, 4.69) is 26.1 Å². The average Bonchev–Trinajstić information content (AvgIpc) is 2.84. The summed E-state index contributed by atoms with van der Waals surface area (Å²) in [7, 11) is 1.61. The molecule has 0 aliphatic rings. The SMILES string of the molecule is COc1ccc(C(C)(C)C)cc1NC(=O)c1csc(C)c1. The Morgan fingerprint density at radius 2 is 1.95 bits per heavy atom. The number of methoxy groups -OCH3 is 1. The number of aryl methyl sites for hydroxylation is 1. The summed E-state index contributed by atoms with van der Waals surface area (Å²) in [5.74, 6) is 0.562. The highest BCUT2D eigenvalue weighted by Gasteiger charge is 2.17. The molecule has 2 rings (SSSR count). The van der Waals surface area contributed by atoms with Gasteiger partial charge >= 0.3 is 0 Å². The Balaban J connectivity index is 2.31. The van der Waals surface area contributed by atoms with Gasteiger partial charge in [0.2, 0.25) is 0 Å². The third-order valence-electron chi connectivity index (χ3n) is 3.31. The third kappa shape index (κ3) is 3.64. The third-order valence-corrected chi connectivity index (χ3v) is 4.17. The fraction of sp³-hybridized carbons (Fsp3) is 0.353. The molecule has 3 nitrogen and oxygen atoms in total. The van der Waals surface area contributed by atoms with Gasteiger partial charge in [0.05, 0.1) is 18.4 Å². The lowest BCUT2D eigenvalue weighted by Crippen LogP contribution is -2.15. The number of carbonyl (C=O) groups excluding carboxylic acids is 1.